The van der Waals surface area contributed by atoms with E-state index in [0.717, 1.165) is 91.7 Å². The van der Waals surface area contributed by atoms with E-state index in [9.17, 15) is 14.4 Å². The van der Waals surface area contributed by atoms with Gasteiger partial charge in [-0.2, -0.15) is 0 Å². The zero-order valence-corrected chi connectivity index (χ0v) is 33.8. The number of hydrogen-bond acceptors (Lipinski definition) is 7. The summed E-state index contributed by atoms with van der Waals surface area (Å²) in [6.07, 6.45) is 8.19. The highest BCUT2D eigenvalue weighted by atomic mass is 79.9. The van der Waals surface area contributed by atoms with E-state index < -0.39 is 0 Å². The van der Waals surface area contributed by atoms with E-state index in [1.807, 2.05) is 43.6 Å². The van der Waals surface area contributed by atoms with Crippen molar-refractivity contribution >= 4 is 61.7 Å². The van der Waals surface area contributed by atoms with Gasteiger partial charge >= 0.3 is 0 Å². The Morgan fingerprint density at radius 2 is 1.61 bits per heavy atom. The number of pyridine rings is 1. The second-order valence-electron chi connectivity index (χ2n) is 15.8. The Morgan fingerprint density at radius 3 is 2.29 bits per heavy atom. The summed E-state index contributed by atoms with van der Waals surface area (Å²) < 4.78 is 3.29. The van der Waals surface area contributed by atoms with Gasteiger partial charge in [0.25, 0.3) is 5.91 Å². The van der Waals surface area contributed by atoms with Gasteiger partial charge in [0.2, 0.25) is 11.8 Å². The van der Waals surface area contributed by atoms with Crippen LogP contribution in [0.15, 0.2) is 95.6 Å². The molecule has 0 spiro atoms. The van der Waals surface area contributed by atoms with Crippen molar-refractivity contribution in [3.05, 3.63) is 118 Å². The summed E-state index contributed by atoms with van der Waals surface area (Å²) in [7, 11) is 3.96. The third kappa shape index (κ3) is 8.39. The number of carbonyl (C=O) groups is 3. The first-order valence-corrected chi connectivity index (χ1v) is 20.7. The number of imide groups is 1. The quantitative estimate of drug-likeness (QED) is 0.140. The van der Waals surface area contributed by atoms with Gasteiger partial charge in [-0.25, -0.2) is 4.98 Å². The molecule has 1 atom stereocenters. The maximum Gasteiger partial charge on any atom is 0.258 e. The largest absolute Gasteiger partial charge is 0.374 e. The van der Waals surface area contributed by atoms with E-state index in [0.29, 0.717) is 30.2 Å². The summed E-state index contributed by atoms with van der Waals surface area (Å²) in [4.78, 5) is 48.4. The van der Waals surface area contributed by atoms with Gasteiger partial charge in [0.15, 0.2) is 0 Å². The predicted octanol–water partition coefficient (Wildman–Crippen LogP) is 7.67. The minimum atomic E-state index is -0.378. The highest BCUT2D eigenvalue weighted by Gasteiger charge is 2.27. The molecule has 290 valence electrons. The SMILES string of the molecule is CN(C(=O)c1ccc(C2CCN(Cc3cc4c(Br)ccnc4n3C)CC2)cc1)c1ccc(CC2CCN(c3ccc(NC4CCC(=O)NC4=O)cc3)CC2)cc1. The molecule has 3 aliphatic rings. The zero-order valence-electron chi connectivity index (χ0n) is 32.2. The van der Waals surface area contributed by atoms with Crippen molar-refractivity contribution < 1.29 is 14.4 Å². The summed E-state index contributed by atoms with van der Waals surface area (Å²) in [6, 6.07) is 28.9. The molecule has 11 heteroatoms. The van der Waals surface area contributed by atoms with Gasteiger partial charge in [-0.15, -0.1) is 0 Å². The molecule has 0 aliphatic carbocycles. The van der Waals surface area contributed by atoms with Crippen LogP contribution in [0.1, 0.15) is 71.6 Å². The molecule has 3 aliphatic heterocycles. The lowest BCUT2D eigenvalue weighted by Crippen LogP contribution is -2.47. The van der Waals surface area contributed by atoms with Crippen LogP contribution in [-0.4, -0.2) is 71.4 Å². The number of nitrogens with one attached hydrogen (secondary N) is 2. The number of aryl methyl sites for hydroxylation is 1. The molecule has 3 saturated heterocycles. The number of aromatic nitrogens is 2. The van der Waals surface area contributed by atoms with Gasteiger partial charge in [0.05, 0.1) is 0 Å². The molecule has 2 aromatic heterocycles. The van der Waals surface area contributed by atoms with Crippen molar-refractivity contribution in [1.82, 2.24) is 19.8 Å². The minimum Gasteiger partial charge on any atom is -0.374 e. The topological polar surface area (TPSA) is 103 Å². The van der Waals surface area contributed by atoms with E-state index in [1.54, 1.807) is 4.90 Å². The lowest BCUT2D eigenvalue weighted by atomic mass is 9.89. The molecule has 5 aromatic rings. The van der Waals surface area contributed by atoms with Crippen molar-refractivity contribution in [2.24, 2.45) is 13.0 Å². The van der Waals surface area contributed by atoms with Crippen LogP contribution >= 0.6 is 15.9 Å². The second kappa shape index (κ2) is 16.6. The summed E-state index contributed by atoms with van der Waals surface area (Å²) in [5.41, 5.74) is 8.58. The molecule has 5 heterocycles. The Labute approximate surface area is 337 Å². The molecule has 3 aromatic carbocycles. The van der Waals surface area contributed by atoms with Crippen molar-refractivity contribution in [1.29, 1.82) is 0 Å². The Bertz CT molecular complexity index is 2190. The molecule has 0 radical (unpaired) electrons. The Kier molecular flexibility index (Phi) is 11.2. The van der Waals surface area contributed by atoms with Crippen LogP contribution in [0, 0.1) is 5.92 Å². The molecular formula is C45H50BrN7O3. The number of benzene rings is 3. The fourth-order valence-corrected chi connectivity index (χ4v) is 9.05. The van der Waals surface area contributed by atoms with Crippen LogP contribution in [0.2, 0.25) is 0 Å². The van der Waals surface area contributed by atoms with Crippen LogP contribution in [0.5, 0.6) is 0 Å². The van der Waals surface area contributed by atoms with Gasteiger partial charge in [-0.05, 0) is 151 Å². The van der Waals surface area contributed by atoms with Crippen molar-refractivity contribution in [3.8, 4) is 0 Å². The van der Waals surface area contributed by atoms with E-state index >= 15 is 0 Å². The number of carbonyl (C=O) groups excluding carboxylic acids is 3. The zero-order chi connectivity index (χ0) is 38.8. The van der Waals surface area contributed by atoms with Gasteiger partial charge < -0.3 is 19.7 Å². The first-order valence-electron chi connectivity index (χ1n) is 19.9. The van der Waals surface area contributed by atoms with Crippen molar-refractivity contribution in [2.75, 3.05) is 48.3 Å². The van der Waals surface area contributed by atoms with Crippen molar-refractivity contribution in [3.63, 3.8) is 0 Å². The van der Waals surface area contributed by atoms with Crippen LogP contribution in [0.4, 0.5) is 17.1 Å². The average Bonchev–Trinajstić information content (AvgIpc) is 3.55. The van der Waals surface area contributed by atoms with E-state index in [1.165, 1.54) is 22.5 Å². The number of piperidine rings is 3. The average molecular weight is 817 g/mol. The van der Waals surface area contributed by atoms with Crippen LogP contribution in [0.3, 0.4) is 0 Å². The number of halogens is 1. The number of nitrogens with zero attached hydrogens (tertiary/aromatic N) is 5. The molecule has 2 N–H and O–H groups in total. The number of rotatable bonds is 10. The summed E-state index contributed by atoms with van der Waals surface area (Å²) in [5.74, 6) is 0.651. The molecule has 1 unspecified atom stereocenters. The number of hydrogen-bond donors (Lipinski definition) is 2. The fourth-order valence-electron chi connectivity index (χ4n) is 8.64. The molecular weight excluding hydrogens is 766 g/mol. The molecule has 0 saturated carbocycles. The van der Waals surface area contributed by atoms with Gasteiger partial charge in [-0.1, -0.05) is 24.3 Å². The minimum absolute atomic E-state index is 0.00218. The number of anilines is 3. The molecule has 3 fully saturated rings. The second-order valence-corrected chi connectivity index (χ2v) is 16.6. The number of fused-ring (bicyclic) bond motifs is 1. The summed E-state index contributed by atoms with van der Waals surface area (Å²) in [5, 5.41) is 6.82. The van der Waals surface area contributed by atoms with Crippen molar-refractivity contribution in [2.45, 2.75) is 63.5 Å². The third-order valence-corrected chi connectivity index (χ3v) is 12.8. The van der Waals surface area contributed by atoms with Crippen LogP contribution in [0.25, 0.3) is 11.0 Å². The van der Waals surface area contributed by atoms with Gasteiger partial charge in [-0.3, -0.25) is 24.6 Å². The summed E-state index contributed by atoms with van der Waals surface area (Å²) >= 11 is 3.67. The van der Waals surface area contributed by atoms with E-state index in [2.05, 4.69) is 108 Å². The number of likely N-dealkylation sites (tertiary alicyclic amines) is 1. The third-order valence-electron chi connectivity index (χ3n) is 12.2. The molecule has 0 bridgehead atoms. The highest BCUT2D eigenvalue weighted by Crippen LogP contribution is 2.32. The van der Waals surface area contributed by atoms with E-state index in [4.69, 9.17) is 0 Å². The van der Waals surface area contributed by atoms with E-state index in [-0.39, 0.29) is 23.8 Å². The van der Waals surface area contributed by atoms with Gasteiger partial charge in [0, 0.05) is 84.5 Å². The van der Waals surface area contributed by atoms with Crippen LogP contribution < -0.4 is 20.4 Å². The first-order chi connectivity index (χ1) is 27.2. The molecule has 56 heavy (non-hydrogen) atoms. The first kappa shape index (κ1) is 37.9. The normalized spacial score (nSPS) is 18.6. The molecule has 8 rings (SSSR count). The summed E-state index contributed by atoms with van der Waals surface area (Å²) in [6.45, 7) is 5.01. The molecule has 10 nitrogen and oxygen atoms in total. The maximum atomic E-state index is 13.5. The maximum absolute atomic E-state index is 13.5. The lowest BCUT2D eigenvalue weighted by molar-refractivity contribution is -0.133. The fraction of sp³-hybridized carbons (Fsp3) is 0.378. The standard InChI is InChI=1S/C45H50BrN7O3/c1-50-38(28-39-40(46)17-22-47-43(39)50)29-52-23-20-33(21-24-52)32-5-7-34(8-6-32)45(56)51(2)36-11-3-30(4-12-36)27-31-18-25-53(26-19-31)37-13-9-35(10-14-37)48-41-15-16-42(54)49-44(41)55/h3-14,17,22,28,31,33,41,48H,15-16,18-21,23-27,29H2,1-2H3,(H,49,54,55). The monoisotopic (exact) mass is 815 g/mol. The van der Waals surface area contributed by atoms with Gasteiger partial charge in [0.1, 0.15) is 11.7 Å². The Hall–Kier alpha value is -5.00. The van der Waals surface area contributed by atoms with Crippen LogP contribution in [-0.2, 0) is 29.6 Å². The molecule has 3 amide bonds. The highest BCUT2D eigenvalue weighted by molar-refractivity contribution is 9.10. The lowest BCUT2D eigenvalue weighted by Gasteiger charge is -2.34. The number of amides is 3. The Balaban J connectivity index is 0.781. The smallest absolute Gasteiger partial charge is 0.258 e. The Morgan fingerprint density at radius 1 is 0.893 bits per heavy atom. The predicted molar refractivity (Wildman–Crippen MR) is 226 cm³/mol.